The van der Waals surface area contributed by atoms with E-state index in [1.54, 1.807) is 28.0 Å². The fourth-order valence-electron chi connectivity index (χ4n) is 2.59. The molecule has 0 aliphatic carbocycles. The molecule has 1 aromatic carbocycles. The summed E-state index contributed by atoms with van der Waals surface area (Å²) in [5.74, 6) is 0.183. The number of benzene rings is 1. The van der Waals surface area contributed by atoms with Crippen molar-refractivity contribution in [2.75, 3.05) is 26.2 Å². The van der Waals surface area contributed by atoms with Gasteiger partial charge in [-0.15, -0.1) is 0 Å². The second-order valence-corrected chi connectivity index (χ2v) is 5.91. The fourth-order valence-corrected chi connectivity index (χ4v) is 2.80. The molecule has 0 bridgehead atoms. The number of nitrogens with zero attached hydrogens (tertiary/aromatic N) is 2. The first-order valence-electron chi connectivity index (χ1n) is 7.74. The highest BCUT2D eigenvalue weighted by atomic mass is 35.5. The van der Waals surface area contributed by atoms with E-state index in [9.17, 15) is 9.59 Å². The highest BCUT2D eigenvalue weighted by Gasteiger charge is 2.25. The van der Waals surface area contributed by atoms with Crippen molar-refractivity contribution in [3.05, 3.63) is 59.0 Å². The minimum atomic E-state index is -0.153. The van der Waals surface area contributed by atoms with Gasteiger partial charge < -0.3 is 19.5 Å². The maximum absolute atomic E-state index is 12.2. The molecular weight excluding hydrogens is 330 g/mol. The van der Waals surface area contributed by atoms with Gasteiger partial charge in [0.15, 0.2) is 5.76 Å². The number of hydrogen-bond acceptors (Lipinski definition) is 3. The number of urea groups is 1. The lowest BCUT2D eigenvalue weighted by molar-refractivity contribution is 0.0634. The molecule has 0 spiro atoms. The summed E-state index contributed by atoms with van der Waals surface area (Å²) in [6.45, 7) is 2.32. The quantitative estimate of drug-likeness (QED) is 0.928. The minimum Gasteiger partial charge on any atom is -0.459 e. The normalized spacial score (nSPS) is 14.5. The van der Waals surface area contributed by atoms with Crippen LogP contribution in [0.4, 0.5) is 4.79 Å². The van der Waals surface area contributed by atoms with E-state index in [1.165, 1.54) is 6.26 Å². The molecule has 7 heteroatoms. The first-order chi connectivity index (χ1) is 11.6. The van der Waals surface area contributed by atoms with Crippen LogP contribution in [0.3, 0.4) is 0 Å². The van der Waals surface area contributed by atoms with Gasteiger partial charge in [-0.2, -0.15) is 0 Å². The average Bonchev–Trinajstić information content (AvgIpc) is 3.15. The van der Waals surface area contributed by atoms with E-state index in [4.69, 9.17) is 16.0 Å². The second kappa shape index (κ2) is 7.40. The van der Waals surface area contributed by atoms with Crippen LogP contribution in [0, 0.1) is 0 Å². The Bertz CT molecular complexity index is 710. The van der Waals surface area contributed by atoms with Crippen LogP contribution in [0.15, 0.2) is 47.1 Å². The van der Waals surface area contributed by atoms with Gasteiger partial charge >= 0.3 is 6.03 Å². The number of amides is 3. The lowest BCUT2D eigenvalue weighted by Crippen LogP contribution is -2.53. The van der Waals surface area contributed by atoms with Crippen molar-refractivity contribution in [3.63, 3.8) is 0 Å². The number of halogens is 1. The zero-order valence-corrected chi connectivity index (χ0v) is 13.8. The van der Waals surface area contributed by atoms with Crippen molar-refractivity contribution in [3.8, 4) is 0 Å². The SMILES string of the molecule is O=C(NCc1ccccc1Cl)N1CCN(C(=O)c2ccco2)CC1. The Morgan fingerprint density at radius 3 is 2.42 bits per heavy atom. The molecule has 126 valence electrons. The minimum absolute atomic E-state index is 0.142. The van der Waals surface area contributed by atoms with Gasteiger partial charge in [0.25, 0.3) is 5.91 Å². The molecular formula is C17H18ClN3O3. The number of hydrogen-bond donors (Lipinski definition) is 1. The smallest absolute Gasteiger partial charge is 0.317 e. The van der Waals surface area contributed by atoms with E-state index in [1.807, 2.05) is 18.2 Å². The average molecular weight is 348 g/mol. The van der Waals surface area contributed by atoms with Gasteiger partial charge in [-0.3, -0.25) is 4.79 Å². The molecule has 1 aliphatic heterocycles. The van der Waals surface area contributed by atoms with E-state index >= 15 is 0 Å². The van der Waals surface area contributed by atoms with Crippen molar-refractivity contribution in [2.45, 2.75) is 6.54 Å². The predicted octanol–water partition coefficient (Wildman–Crippen LogP) is 2.60. The van der Waals surface area contributed by atoms with Gasteiger partial charge in [0, 0.05) is 37.7 Å². The molecule has 1 aromatic heterocycles. The summed E-state index contributed by atoms with van der Waals surface area (Å²) < 4.78 is 5.12. The lowest BCUT2D eigenvalue weighted by atomic mass is 10.2. The van der Waals surface area contributed by atoms with Crippen molar-refractivity contribution in [2.24, 2.45) is 0 Å². The van der Waals surface area contributed by atoms with Gasteiger partial charge in [0.05, 0.1) is 6.26 Å². The van der Waals surface area contributed by atoms with Crippen molar-refractivity contribution in [1.29, 1.82) is 0 Å². The van der Waals surface area contributed by atoms with E-state index in [2.05, 4.69) is 5.32 Å². The highest BCUT2D eigenvalue weighted by Crippen LogP contribution is 2.15. The molecule has 6 nitrogen and oxygen atoms in total. The van der Waals surface area contributed by atoms with Gasteiger partial charge in [0.1, 0.15) is 0 Å². The Morgan fingerprint density at radius 2 is 1.75 bits per heavy atom. The Balaban J connectivity index is 1.48. The van der Waals surface area contributed by atoms with Crippen LogP contribution in [0.2, 0.25) is 5.02 Å². The largest absolute Gasteiger partial charge is 0.459 e. The van der Waals surface area contributed by atoms with E-state index in [-0.39, 0.29) is 11.9 Å². The molecule has 3 rings (SSSR count). The van der Waals surface area contributed by atoms with E-state index < -0.39 is 0 Å². The van der Waals surface area contributed by atoms with Gasteiger partial charge in [-0.05, 0) is 23.8 Å². The molecule has 0 saturated carbocycles. The summed E-state index contributed by atoms with van der Waals surface area (Å²) >= 11 is 6.08. The monoisotopic (exact) mass is 347 g/mol. The number of piperazine rings is 1. The summed E-state index contributed by atoms with van der Waals surface area (Å²) in [7, 11) is 0. The molecule has 0 unspecified atom stereocenters. The number of rotatable bonds is 3. The fraction of sp³-hybridized carbons (Fsp3) is 0.294. The molecule has 0 radical (unpaired) electrons. The summed E-state index contributed by atoms with van der Waals surface area (Å²) in [6.07, 6.45) is 1.48. The summed E-state index contributed by atoms with van der Waals surface area (Å²) in [5.41, 5.74) is 0.874. The van der Waals surface area contributed by atoms with Crippen LogP contribution in [-0.2, 0) is 6.54 Å². The third kappa shape index (κ3) is 3.71. The van der Waals surface area contributed by atoms with Crippen LogP contribution >= 0.6 is 11.6 Å². The number of furan rings is 1. The molecule has 1 N–H and O–H groups in total. The standard InChI is InChI=1S/C17H18ClN3O3/c18-14-5-2-1-4-13(14)12-19-17(23)21-9-7-20(8-10-21)16(22)15-6-3-11-24-15/h1-6,11H,7-10,12H2,(H,19,23). The van der Waals surface area contributed by atoms with Crippen LogP contribution in [0.25, 0.3) is 0 Å². The first kappa shape index (κ1) is 16.4. The number of carbonyl (C=O) groups is 2. The van der Waals surface area contributed by atoms with Gasteiger partial charge in [0.2, 0.25) is 0 Å². The number of carbonyl (C=O) groups excluding carboxylic acids is 2. The van der Waals surface area contributed by atoms with E-state index in [0.717, 1.165) is 5.56 Å². The lowest BCUT2D eigenvalue weighted by Gasteiger charge is -2.34. The molecule has 1 aliphatic rings. The molecule has 24 heavy (non-hydrogen) atoms. The molecule has 3 amide bonds. The Morgan fingerprint density at radius 1 is 1.04 bits per heavy atom. The zero-order valence-electron chi connectivity index (χ0n) is 13.1. The third-order valence-corrected chi connectivity index (χ3v) is 4.34. The van der Waals surface area contributed by atoms with Crippen LogP contribution in [-0.4, -0.2) is 47.9 Å². The predicted molar refractivity (Wildman–Crippen MR) is 89.9 cm³/mol. The van der Waals surface area contributed by atoms with Crippen LogP contribution in [0.5, 0.6) is 0 Å². The Kier molecular flexibility index (Phi) is 5.05. The van der Waals surface area contributed by atoms with E-state index in [0.29, 0.717) is 43.5 Å². The maximum Gasteiger partial charge on any atom is 0.317 e. The molecule has 2 heterocycles. The van der Waals surface area contributed by atoms with Gasteiger partial charge in [-0.25, -0.2) is 4.79 Å². The van der Waals surface area contributed by atoms with Crippen LogP contribution < -0.4 is 5.32 Å². The third-order valence-electron chi connectivity index (χ3n) is 3.97. The van der Waals surface area contributed by atoms with Gasteiger partial charge in [-0.1, -0.05) is 29.8 Å². The maximum atomic E-state index is 12.2. The Hall–Kier alpha value is -2.47. The van der Waals surface area contributed by atoms with Crippen molar-refractivity contribution < 1.29 is 14.0 Å². The summed E-state index contributed by atoms with van der Waals surface area (Å²) in [5, 5.41) is 3.49. The van der Waals surface area contributed by atoms with Crippen molar-refractivity contribution >= 4 is 23.5 Å². The molecule has 2 aromatic rings. The molecule has 1 saturated heterocycles. The summed E-state index contributed by atoms with van der Waals surface area (Å²) in [4.78, 5) is 27.8. The topological polar surface area (TPSA) is 65.8 Å². The van der Waals surface area contributed by atoms with Crippen LogP contribution in [0.1, 0.15) is 16.1 Å². The second-order valence-electron chi connectivity index (χ2n) is 5.51. The number of nitrogens with one attached hydrogen (secondary N) is 1. The first-order valence-corrected chi connectivity index (χ1v) is 8.12. The van der Waals surface area contributed by atoms with Crippen molar-refractivity contribution in [1.82, 2.24) is 15.1 Å². The summed E-state index contributed by atoms with van der Waals surface area (Å²) in [6, 6.07) is 10.6. The Labute approximate surface area is 145 Å². The molecule has 0 atom stereocenters. The highest BCUT2D eigenvalue weighted by molar-refractivity contribution is 6.31. The molecule has 1 fully saturated rings. The zero-order chi connectivity index (χ0) is 16.9.